The first kappa shape index (κ1) is 14.5. The topological polar surface area (TPSA) is 28.2 Å². The summed E-state index contributed by atoms with van der Waals surface area (Å²) in [5.74, 6) is 0. The molecule has 21 heavy (non-hydrogen) atoms. The van der Waals surface area contributed by atoms with Gasteiger partial charge in [0.05, 0.1) is 23.6 Å². The fraction of sp³-hybridized carbons (Fsp3) is 0.471. The molecule has 3 nitrogen and oxygen atoms in total. The van der Waals surface area contributed by atoms with Gasteiger partial charge in [0.1, 0.15) is 0 Å². The van der Waals surface area contributed by atoms with Crippen molar-refractivity contribution in [2.75, 3.05) is 18.5 Å². The van der Waals surface area contributed by atoms with Crippen LogP contribution in [0.3, 0.4) is 0 Å². The number of rotatable bonds is 4. The molecular formula is C17H23N3S. The molecular weight excluding hydrogens is 278 g/mol. The molecule has 0 saturated carbocycles. The van der Waals surface area contributed by atoms with E-state index in [4.69, 9.17) is 0 Å². The van der Waals surface area contributed by atoms with E-state index >= 15 is 0 Å². The zero-order chi connectivity index (χ0) is 14.8. The standard InChI is InChI=1S/C17H23N3S/c1-4-15(18-3)16-6-5-13(11-19-16)20-9-7-17-14(12(20)2)8-10-21-17/h5-6,8,10-12,15,18H,4,7,9H2,1-3H3. The van der Waals surface area contributed by atoms with E-state index in [1.807, 2.05) is 24.6 Å². The number of thiophene rings is 1. The average Bonchev–Trinajstić information content (AvgIpc) is 2.99. The Bertz CT molecular complexity index is 586. The summed E-state index contributed by atoms with van der Waals surface area (Å²) >= 11 is 1.89. The van der Waals surface area contributed by atoms with Gasteiger partial charge in [-0.05, 0) is 56.0 Å². The lowest BCUT2D eigenvalue weighted by molar-refractivity contribution is 0.560. The molecule has 2 aromatic heterocycles. The van der Waals surface area contributed by atoms with E-state index in [1.165, 1.54) is 11.3 Å². The first-order valence-electron chi connectivity index (χ1n) is 7.70. The number of nitrogens with one attached hydrogen (secondary N) is 1. The number of aromatic nitrogens is 1. The third kappa shape index (κ3) is 2.70. The van der Waals surface area contributed by atoms with Gasteiger partial charge in [-0.1, -0.05) is 6.92 Å². The van der Waals surface area contributed by atoms with Crippen molar-refractivity contribution < 1.29 is 0 Å². The summed E-state index contributed by atoms with van der Waals surface area (Å²) < 4.78 is 0. The molecule has 0 amide bonds. The molecule has 0 fully saturated rings. The van der Waals surface area contributed by atoms with Gasteiger partial charge in [0.2, 0.25) is 0 Å². The van der Waals surface area contributed by atoms with Crippen LogP contribution in [0.2, 0.25) is 0 Å². The van der Waals surface area contributed by atoms with Crippen molar-refractivity contribution in [2.45, 2.75) is 38.8 Å². The van der Waals surface area contributed by atoms with Crippen LogP contribution in [0, 0.1) is 0 Å². The molecule has 1 aliphatic heterocycles. The maximum atomic E-state index is 4.67. The number of nitrogens with zero attached hydrogens (tertiary/aromatic N) is 2. The van der Waals surface area contributed by atoms with Gasteiger partial charge >= 0.3 is 0 Å². The fourth-order valence-electron chi connectivity index (χ4n) is 3.20. The van der Waals surface area contributed by atoms with Crippen LogP contribution in [0.15, 0.2) is 29.8 Å². The first-order valence-corrected chi connectivity index (χ1v) is 8.58. The SMILES string of the molecule is CCC(NC)c1ccc(N2CCc3sccc3C2C)cn1. The molecule has 2 atom stereocenters. The summed E-state index contributed by atoms with van der Waals surface area (Å²) in [5.41, 5.74) is 3.84. The minimum absolute atomic E-state index is 0.348. The molecule has 0 saturated heterocycles. The Hall–Kier alpha value is -1.39. The number of hydrogen-bond donors (Lipinski definition) is 1. The Morgan fingerprint density at radius 3 is 2.95 bits per heavy atom. The molecule has 0 bridgehead atoms. The summed E-state index contributed by atoms with van der Waals surface area (Å²) in [6.07, 6.45) is 4.23. The van der Waals surface area contributed by atoms with Crippen LogP contribution in [-0.2, 0) is 6.42 Å². The average molecular weight is 301 g/mol. The smallest absolute Gasteiger partial charge is 0.0574 e. The number of hydrogen-bond acceptors (Lipinski definition) is 4. The van der Waals surface area contributed by atoms with Gasteiger partial charge in [-0.3, -0.25) is 4.98 Å². The normalized spacial score (nSPS) is 19.4. The third-order valence-corrected chi connectivity index (χ3v) is 5.49. The highest BCUT2D eigenvalue weighted by Crippen LogP contribution is 2.35. The summed E-state index contributed by atoms with van der Waals surface area (Å²) in [4.78, 5) is 8.68. The summed E-state index contributed by atoms with van der Waals surface area (Å²) in [7, 11) is 1.99. The van der Waals surface area contributed by atoms with Crippen molar-refractivity contribution in [1.82, 2.24) is 10.3 Å². The van der Waals surface area contributed by atoms with Crippen molar-refractivity contribution >= 4 is 17.0 Å². The zero-order valence-corrected chi connectivity index (χ0v) is 13.8. The van der Waals surface area contributed by atoms with Gasteiger partial charge in [0, 0.05) is 17.5 Å². The third-order valence-electron chi connectivity index (χ3n) is 4.49. The van der Waals surface area contributed by atoms with Gasteiger partial charge in [-0.25, -0.2) is 0 Å². The Kier molecular flexibility index (Phi) is 4.27. The largest absolute Gasteiger partial charge is 0.363 e. The van der Waals surface area contributed by atoms with Gasteiger partial charge in [-0.2, -0.15) is 0 Å². The van der Waals surface area contributed by atoms with Gasteiger partial charge < -0.3 is 10.2 Å². The Morgan fingerprint density at radius 2 is 2.29 bits per heavy atom. The molecule has 0 spiro atoms. The van der Waals surface area contributed by atoms with Crippen molar-refractivity contribution in [3.8, 4) is 0 Å². The predicted molar refractivity (Wildman–Crippen MR) is 90.1 cm³/mol. The Morgan fingerprint density at radius 1 is 1.43 bits per heavy atom. The molecule has 0 aliphatic carbocycles. The van der Waals surface area contributed by atoms with Crippen LogP contribution < -0.4 is 10.2 Å². The minimum atomic E-state index is 0.348. The molecule has 2 aromatic rings. The van der Waals surface area contributed by atoms with Crippen molar-refractivity contribution in [3.05, 3.63) is 45.9 Å². The van der Waals surface area contributed by atoms with Crippen LogP contribution in [0.5, 0.6) is 0 Å². The van der Waals surface area contributed by atoms with E-state index in [9.17, 15) is 0 Å². The van der Waals surface area contributed by atoms with Crippen molar-refractivity contribution in [1.29, 1.82) is 0 Å². The second-order valence-electron chi connectivity index (χ2n) is 5.61. The predicted octanol–water partition coefficient (Wildman–Crippen LogP) is 3.94. The van der Waals surface area contributed by atoms with Crippen molar-refractivity contribution in [2.24, 2.45) is 0 Å². The zero-order valence-electron chi connectivity index (χ0n) is 13.0. The Labute approximate surface area is 131 Å². The molecule has 3 heterocycles. The van der Waals surface area contributed by atoms with E-state index in [0.717, 1.165) is 25.1 Å². The number of pyridine rings is 1. The summed E-state index contributed by atoms with van der Waals surface area (Å²) in [6.45, 7) is 5.56. The first-order chi connectivity index (χ1) is 10.2. The van der Waals surface area contributed by atoms with E-state index < -0.39 is 0 Å². The molecule has 0 aromatic carbocycles. The highest BCUT2D eigenvalue weighted by Gasteiger charge is 2.25. The second-order valence-corrected chi connectivity index (χ2v) is 6.61. The number of anilines is 1. The van der Waals surface area contributed by atoms with E-state index in [-0.39, 0.29) is 0 Å². The molecule has 1 aliphatic rings. The fourth-order valence-corrected chi connectivity index (χ4v) is 4.16. The van der Waals surface area contributed by atoms with Gasteiger partial charge in [0.25, 0.3) is 0 Å². The molecule has 2 unspecified atom stereocenters. The van der Waals surface area contributed by atoms with E-state index in [1.54, 1.807) is 4.88 Å². The number of fused-ring (bicyclic) bond motifs is 1. The van der Waals surface area contributed by atoms with E-state index in [0.29, 0.717) is 12.1 Å². The van der Waals surface area contributed by atoms with Crippen LogP contribution in [-0.4, -0.2) is 18.6 Å². The highest BCUT2D eigenvalue weighted by atomic mass is 32.1. The van der Waals surface area contributed by atoms with Crippen molar-refractivity contribution in [3.63, 3.8) is 0 Å². The van der Waals surface area contributed by atoms with Crippen LogP contribution in [0.25, 0.3) is 0 Å². The molecule has 112 valence electrons. The van der Waals surface area contributed by atoms with Crippen LogP contribution >= 0.6 is 11.3 Å². The summed E-state index contributed by atoms with van der Waals surface area (Å²) in [6, 6.07) is 7.44. The monoisotopic (exact) mass is 301 g/mol. The Balaban J connectivity index is 1.82. The maximum Gasteiger partial charge on any atom is 0.0574 e. The minimum Gasteiger partial charge on any atom is -0.363 e. The summed E-state index contributed by atoms with van der Waals surface area (Å²) in [5, 5.41) is 5.52. The second kappa shape index (κ2) is 6.16. The van der Waals surface area contributed by atoms with E-state index in [2.05, 4.69) is 52.6 Å². The molecule has 3 rings (SSSR count). The van der Waals surface area contributed by atoms with Gasteiger partial charge in [0.15, 0.2) is 0 Å². The highest BCUT2D eigenvalue weighted by molar-refractivity contribution is 7.10. The maximum absolute atomic E-state index is 4.67. The van der Waals surface area contributed by atoms with Crippen LogP contribution in [0.1, 0.15) is 48.5 Å². The lowest BCUT2D eigenvalue weighted by Crippen LogP contribution is -2.33. The molecule has 4 heteroatoms. The molecule has 1 N–H and O–H groups in total. The van der Waals surface area contributed by atoms with Crippen LogP contribution in [0.4, 0.5) is 5.69 Å². The lowest BCUT2D eigenvalue weighted by Gasteiger charge is -2.35. The lowest BCUT2D eigenvalue weighted by atomic mass is 10.0. The van der Waals surface area contributed by atoms with Gasteiger partial charge in [-0.15, -0.1) is 11.3 Å². The quantitative estimate of drug-likeness (QED) is 0.927. The molecule has 0 radical (unpaired) electrons.